The van der Waals surface area contributed by atoms with Crippen LogP contribution in [0, 0.1) is 0 Å². The van der Waals surface area contributed by atoms with Gasteiger partial charge in [0.05, 0.1) is 6.21 Å². The number of anilines is 1. The number of hydrogen-bond acceptors (Lipinski definition) is 3. The molecule has 4 N–H and O–H groups in total. The number of hydrogen-bond donors (Lipinski definition) is 3. The third kappa shape index (κ3) is 7.00. The van der Waals surface area contributed by atoms with Crippen LogP contribution in [0.5, 0.6) is 0 Å². The van der Waals surface area contributed by atoms with E-state index in [9.17, 15) is 4.79 Å². The van der Waals surface area contributed by atoms with Gasteiger partial charge in [-0.15, -0.1) is 0 Å². The molecule has 0 aliphatic heterocycles. The second kappa shape index (κ2) is 8.12. The fraction of sp³-hybridized carbons (Fsp3) is 0.100. The SMILES string of the molecule is CC(=O)Nc1ccc(C=NNC(N)=S)cc1.[PbH2]. The van der Waals surface area contributed by atoms with Crippen molar-refractivity contribution in [2.45, 2.75) is 6.92 Å². The van der Waals surface area contributed by atoms with Gasteiger partial charge in [-0.3, -0.25) is 10.2 Å². The molecular formula is C10H14N4OPbS. The average molecular weight is 446 g/mol. The molecule has 5 nitrogen and oxygen atoms in total. The molecule has 0 spiro atoms. The van der Waals surface area contributed by atoms with Gasteiger partial charge in [-0.1, -0.05) is 12.1 Å². The molecule has 1 amide bonds. The molecule has 1 aromatic carbocycles. The van der Waals surface area contributed by atoms with E-state index < -0.39 is 0 Å². The summed E-state index contributed by atoms with van der Waals surface area (Å²) in [5.41, 5.74) is 9.26. The zero-order valence-electron chi connectivity index (χ0n) is 9.43. The Hall–Kier alpha value is -1.03. The van der Waals surface area contributed by atoms with E-state index in [2.05, 4.69) is 28.1 Å². The molecule has 0 heterocycles. The summed E-state index contributed by atoms with van der Waals surface area (Å²) >= 11 is 4.58. The van der Waals surface area contributed by atoms with Crippen LogP contribution in [0.1, 0.15) is 12.5 Å². The molecule has 0 aliphatic carbocycles. The Kier molecular flexibility index (Phi) is 7.63. The summed E-state index contributed by atoms with van der Waals surface area (Å²) in [4.78, 5) is 10.8. The molecule has 0 fully saturated rings. The van der Waals surface area contributed by atoms with Crippen LogP contribution < -0.4 is 16.5 Å². The molecule has 0 saturated heterocycles. The van der Waals surface area contributed by atoms with Crippen molar-refractivity contribution in [2.75, 3.05) is 5.32 Å². The molecule has 0 atom stereocenters. The molecule has 0 unspecified atom stereocenters. The maximum absolute atomic E-state index is 10.8. The van der Waals surface area contributed by atoms with Crippen LogP contribution in [-0.4, -0.2) is 44.5 Å². The van der Waals surface area contributed by atoms with Crippen molar-refractivity contribution in [3.8, 4) is 0 Å². The number of hydrazone groups is 1. The number of rotatable bonds is 3. The van der Waals surface area contributed by atoms with Gasteiger partial charge in [0.15, 0.2) is 5.11 Å². The molecule has 0 aliphatic rings. The monoisotopic (exact) mass is 446 g/mol. The molecule has 17 heavy (non-hydrogen) atoms. The predicted molar refractivity (Wildman–Crippen MR) is 76.8 cm³/mol. The predicted octanol–water partition coefficient (Wildman–Crippen LogP) is -0.104. The van der Waals surface area contributed by atoms with Crippen molar-refractivity contribution in [1.29, 1.82) is 0 Å². The summed E-state index contributed by atoms with van der Waals surface area (Å²) in [6, 6.07) is 7.19. The number of carbonyl (C=O) groups excluding carboxylic acids is 1. The van der Waals surface area contributed by atoms with Gasteiger partial charge < -0.3 is 11.1 Å². The Labute approximate surface area is 125 Å². The van der Waals surface area contributed by atoms with E-state index in [-0.39, 0.29) is 38.3 Å². The van der Waals surface area contributed by atoms with E-state index in [1.807, 2.05) is 12.1 Å². The average Bonchev–Trinajstić information content (AvgIpc) is 2.19. The normalized spacial score (nSPS) is 9.47. The molecule has 2 radical (unpaired) electrons. The standard InChI is InChI=1S/C10H12N4OS.Pb.2H/c1-7(15)13-9-4-2-8(3-5-9)6-12-14-10(11)16;;;/h2-6H,1H3,(H,13,15)(H3,11,14,16);;;. The zero-order valence-corrected chi connectivity index (χ0v) is 15.7. The maximum atomic E-state index is 10.8. The van der Waals surface area contributed by atoms with Gasteiger partial charge in [0.1, 0.15) is 0 Å². The summed E-state index contributed by atoms with van der Waals surface area (Å²) in [7, 11) is 0. The molecule has 0 saturated carbocycles. The molecule has 7 heteroatoms. The van der Waals surface area contributed by atoms with Gasteiger partial charge in [-0.05, 0) is 29.9 Å². The number of thiocarbonyl (C=S) groups is 1. The molecular weight excluding hydrogens is 431 g/mol. The molecule has 90 valence electrons. The van der Waals surface area contributed by atoms with Gasteiger partial charge in [-0.2, -0.15) is 5.10 Å². The minimum absolute atomic E-state index is 0. The number of amides is 1. The van der Waals surface area contributed by atoms with Gasteiger partial charge in [0.2, 0.25) is 5.91 Å². The quantitative estimate of drug-likeness (QED) is 0.263. The van der Waals surface area contributed by atoms with Crippen LogP contribution in [0.25, 0.3) is 0 Å². The van der Waals surface area contributed by atoms with Crippen LogP contribution in [-0.2, 0) is 4.79 Å². The van der Waals surface area contributed by atoms with Gasteiger partial charge in [0.25, 0.3) is 0 Å². The van der Waals surface area contributed by atoms with E-state index in [0.717, 1.165) is 11.3 Å². The molecule has 0 bridgehead atoms. The number of nitrogens with one attached hydrogen (secondary N) is 2. The van der Waals surface area contributed by atoms with Crippen LogP contribution in [0.3, 0.4) is 0 Å². The van der Waals surface area contributed by atoms with E-state index in [0.29, 0.717) is 0 Å². The van der Waals surface area contributed by atoms with Crippen molar-refractivity contribution < 1.29 is 4.79 Å². The Balaban J connectivity index is 0.00000256. The third-order valence-corrected chi connectivity index (χ3v) is 1.71. The van der Waals surface area contributed by atoms with Crippen molar-refractivity contribution in [3.05, 3.63) is 29.8 Å². The fourth-order valence-corrected chi connectivity index (χ4v) is 1.08. The van der Waals surface area contributed by atoms with Gasteiger partial charge in [0, 0.05) is 12.6 Å². The fourth-order valence-electron chi connectivity index (χ4n) is 1.03. The second-order valence-electron chi connectivity index (χ2n) is 3.04. The van der Waals surface area contributed by atoms with Crippen molar-refractivity contribution in [1.82, 2.24) is 5.43 Å². The number of benzene rings is 1. The third-order valence-electron chi connectivity index (χ3n) is 1.62. The van der Waals surface area contributed by atoms with E-state index in [1.54, 1.807) is 18.3 Å². The Morgan fingerprint density at radius 1 is 1.41 bits per heavy atom. The summed E-state index contributed by atoms with van der Waals surface area (Å²) in [5.74, 6) is -0.100. The van der Waals surface area contributed by atoms with Crippen molar-refractivity contribution >= 4 is 62.4 Å². The summed E-state index contributed by atoms with van der Waals surface area (Å²) < 4.78 is 0. The Morgan fingerprint density at radius 2 is 2.00 bits per heavy atom. The topological polar surface area (TPSA) is 79.5 Å². The summed E-state index contributed by atoms with van der Waals surface area (Å²) in [6.45, 7) is 1.46. The molecule has 0 aromatic heterocycles. The van der Waals surface area contributed by atoms with Gasteiger partial charge in [-0.25, -0.2) is 0 Å². The summed E-state index contributed by atoms with van der Waals surface area (Å²) in [6.07, 6.45) is 1.58. The van der Waals surface area contributed by atoms with Crippen LogP contribution in [0.4, 0.5) is 5.69 Å². The number of nitrogens with zero attached hydrogens (tertiary/aromatic N) is 1. The Morgan fingerprint density at radius 3 is 2.47 bits per heavy atom. The Bertz CT molecular complexity index is 419. The van der Waals surface area contributed by atoms with Crippen LogP contribution >= 0.6 is 12.2 Å². The first kappa shape index (κ1) is 16.0. The number of carbonyl (C=O) groups is 1. The van der Waals surface area contributed by atoms with Crippen LogP contribution in [0.2, 0.25) is 0 Å². The first-order valence-corrected chi connectivity index (χ1v) is 4.95. The van der Waals surface area contributed by atoms with E-state index in [1.165, 1.54) is 6.92 Å². The van der Waals surface area contributed by atoms with Crippen molar-refractivity contribution in [3.63, 3.8) is 0 Å². The van der Waals surface area contributed by atoms with Gasteiger partial charge >= 0.3 is 27.3 Å². The molecule has 1 rings (SSSR count). The first-order chi connectivity index (χ1) is 7.58. The zero-order chi connectivity index (χ0) is 12.0. The minimum atomic E-state index is -0.100. The molecule has 1 aromatic rings. The second-order valence-corrected chi connectivity index (χ2v) is 3.48. The van der Waals surface area contributed by atoms with E-state index in [4.69, 9.17) is 5.73 Å². The van der Waals surface area contributed by atoms with Crippen molar-refractivity contribution in [2.24, 2.45) is 10.8 Å². The van der Waals surface area contributed by atoms with E-state index >= 15 is 0 Å². The van der Waals surface area contributed by atoms with Crippen LogP contribution in [0.15, 0.2) is 29.4 Å². The summed E-state index contributed by atoms with van der Waals surface area (Å²) in [5, 5.41) is 6.59. The first-order valence-electron chi connectivity index (χ1n) is 4.54. The number of nitrogens with two attached hydrogens (primary N) is 1.